The Labute approximate surface area is 111 Å². The number of amides is 1. The molecule has 1 aromatic carbocycles. The van der Waals surface area contributed by atoms with Gasteiger partial charge in [-0.2, -0.15) is 0 Å². The van der Waals surface area contributed by atoms with Gasteiger partial charge in [-0.15, -0.1) is 6.58 Å². The van der Waals surface area contributed by atoms with Crippen molar-refractivity contribution < 1.29 is 4.79 Å². The molecule has 0 aliphatic heterocycles. The lowest BCUT2D eigenvalue weighted by Crippen LogP contribution is -2.33. The van der Waals surface area contributed by atoms with E-state index < -0.39 is 0 Å². The van der Waals surface area contributed by atoms with Crippen molar-refractivity contribution in [3.63, 3.8) is 0 Å². The van der Waals surface area contributed by atoms with Crippen LogP contribution in [0.1, 0.15) is 30.6 Å². The number of halogens is 1. The van der Waals surface area contributed by atoms with Gasteiger partial charge in [0.2, 0.25) is 0 Å². The van der Waals surface area contributed by atoms with Crippen LogP contribution >= 0.6 is 15.9 Å². The number of rotatable bonds is 5. The lowest BCUT2D eigenvalue weighted by Gasteiger charge is -2.23. The highest BCUT2D eigenvalue weighted by molar-refractivity contribution is 9.10. The summed E-state index contributed by atoms with van der Waals surface area (Å²) in [5.41, 5.74) is 0.731. The zero-order chi connectivity index (χ0) is 12.9. The minimum absolute atomic E-state index is 0.0327. The SMILES string of the molecule is C=CCC(C)(C)CNC(=O)c1ccc(Br)cc1. The van der Waals surface area contributed by atoms with Crippen molar-refractivity contribution in [1.82, 2.24) is 5.32 Å². The molecule has 0 fully saturated rings. The lowest BCUT2D eigenvalue weighted by atomic mass is 9.89. The van der Waals surface area contributed by atoms with Crippen LogP contribution in [0, 0.1) is 5.41 Å². The van der Waals surface area contributed by atoms with Gasteiger partial charge in [-0.3, -0.25) is 4.79 Å². The molecule has 0 aliphatic rings. The third-order valence-corrected chi connectivity index (χ3v) is 3.06. The van der Waals surface area contributed by atoms with Crippen LogP contribution in [0.3, 0.4) is 0 Å². The molecule has 1 aromatic rings. The number of hydrogen-bond donors (Lipinski definition) is 1. The van der Waals surface area contributed by atoms with E-state index in [-0.39, 0.29) is 11.3 Å². The third kappa shape index (κ3) is 4.73. The maximum absolute atomic E-state index is 11.9. The topological polar surface area (TPSA) is 29.1 Å². The number of carbonyl (C=O) groups is 1. The van der Waals surface area contributed by atoms with E-state index in [4.69, 9.17) is 0 Å². The average Bonchev–Trinajstić information content (AvgIpc) is 2.27. The monoisotopic (exact) mass is 295 g/mol. The first-order valence-electron chi connectivity index (χ1n) is 5.59. The van der Waals surface area contributed by atoms with Gasteiger partial charge in [0, 0.05) is 16.6 Å². The van der Waals surface area contributed by atoms with Gasteiger partial charge in [0.15, 0.2) is 0 Å². The van der Waals surface area contributed by atoms with Gasteiger partial charge in [0.1, 0.15) is 0 Å². The standard InChI is InChI=1S/C14H18BrNO/c1-4-9-14(2,3)10-16-13(17)11-5-7-12(15)8-6-11/h4-8H,1,9-10H2,2-3H3,(H,16,17). The van der Waals surface area contributed by atoms with E-state index in [1.54, 1.807) is 12.1 Å². The minimum Gasteiger partial charge on any atom is -0.351 e. The Morgan fingerprint density at radius 1 is 1.41 bits per heavy atom. The van der Waals surface area contributed by atoms with Gasteiger partial charge < -0.3 is 5.32 Å². The molecule has 0 radical (unpaired) electrons. The number of hydrogen-bond acceptors (Lipinski definition) is 1. The lowest BCUT2D eigenvalue weighted by molar-refractivity contribution is 0.0937. The normalized spacial score (nSPS) is 11.0. The fourth-order valence-electron chi connectivity index (χ4n) is 1.49. The summed E-state index contributed by atoms with van der Waals surface area (Å²) in [5, 5.41) is 2.94. The van der Waals surface area contributed by atoms with Crippen molar-refractivity contribution in [2.75, 3.05) is 6.54 Å². The summed E-state index contributed by atoms with van der Waals surface area (Å²) >= 11 is 3.34. The highest BCUT2D eigenvalue weighted by Crippen LogP contribution is 2.19. The van der Waals surface area contributed by atoms with Gasteiger partial charge in [-0.1, -0.05) is 35.9 Å². The van der Waals surface area contributed by atoms with Crippen LogP contribution in [0.2, 0.25) is 0 Å². The summed E-state index contributed by atoms with van der Waals surface area (Å²) in [6.45, 7) is 8.59. The largest absolute Gasteiger partial charge is 0.351 e. The molecular weight excluding hydrogens is 278 g/mol. The summed E-state index contributed by atoms with van der Waals surface area (Å²) in [6, 6.07) is 7.34. The molecule has 2 nitrogen and oxygen atoms in total. The van der Waals surface area contributed by atoms with E-state index in [9.17, 15) is 4.79 Å². The summed E-state index contributed by atoms with van der Waals surface area (Å²) < 4.78 is 0.973. The number of benzene rings is 1. The predicted molar refractivity (Wildman–Crippen MR) is 75.1 cm³/mol. The molecular formula is C14H18BrNO. The highest BCUT2D eigenvalue weighted by Gasteiger charge is 2.17. The molecule has 1 rings (SSSR count). The van der Waals surface area contributed by atoms with Gasteiger partial charge in [-0.25, -0.2) is 0 Å². The maximum atomic E-state index is 11.9. The second kappa shape index (κ2) is 6.01. The smallest absolute Gasteiger partial charge is 0.251 e. The van der Waals surface area contributed by atoms with Crippen LogP contribution in [-0.4, -0.2) is 12.5 Å². The molecule has 17 heavy (non-hydrogen) atoms. The van der Waals surface area contributed by atoms with E-state index in [2.05, 4.69) is 41.7 Å². The first-order chi connectivity index (χ1) is 7.94. The number of nitrogens with one attached hydrogen (secondary N) is 1. The second-order valence-electron chi connectivity index (χ2n) is 4.85. The zero-order valence-electron chi connectivity index (χ0n) is 10.3. The molecule has 1 amide bonds. The molecule has 0 aliphatic carbocycles. The van der Waals surface area contributed by atoms with Crippen LogP contribution in [0.25, 0.3) is 0 Å². The Morgan fingerprint density at radius 3 is 2.53 bits per heavy atom. The van der Waals surface area contributed by atoms with Gasteiger partial charge in [0.25, 0.3) is 5.91 Å². The van der Waals surface area contributed by atoms with E-state index >= 15 is 0 Å². The van der Waals surface area contributed by atoms with Crippen molar-refractivity contribution >= 4 is 21.8 Å². The summed E-state index contributed by atoms with van der Waals surface area (Å²) in [6.07, 6.45) is 2.76. The van der Waals surface area contributed by atoms with Crippen LogP contribution in [0.4, 0.5) is 0 Å². The van der Waals surface area contributed by atoms with Crippen LogP contribution < -0.4 is 5.32 Å². The Morgan fingerprint density at radius 2 is 2.00 bits per heavy atom. The molecule has 0 saturated carbocycles. The Balaban J connectivity index is 2.55. The fraction of sp³-hybridized carbons (Fsp3) is 0.357. The van der Waals surface area contributed by atoms with E-state index in [0.29, 0.717) is 12.1 Å². The van der Waals surface area contributed by atoms with Crippen LogP contribution in [0.15, 0.2) is 41.4 Å². The number of allylic oxidation sites excluding steroid dienone is 1. The minimum atomic E-state index is -0.0327. The predicted octanol–water partition coefficient (Wildman–Crippen LogP) is 3.78. The maximum Gasteiger partial charge on any atom is 0.251 e. The Bertz CT molecular complexity index is 395. The van der Waals surface area contributed by atoms with E-state index in [0.717, 1.165) is 10.9 Å². The molecule has 0 saturated heterocycles. The third-order valence-electron chi connectivity index (χ3n) is 2.53. The van der Waals surface area contributed by atoms with Crippen molar-refractivity contribution in [2.45, 2.75) is 20.3 Å². The molecule has 1 N–H and O–H groups in total. The molecule has 0 spiro atoms. The van der Waals surface area contributed by atoms with Crippen molar-refractivity contribution in [1.29, 1.82) is 0 Å². The summed E-state index contributed by atoms with van der Waals surface area (Å²) in [5.74, 6) is -0.0327. The molecule has 0 heterocycles. The van der Waals surface area contributed by atoms with Crippen LogP contribution in [-0.2, 0) is 0 Å². The first kappa shape index (κ1) is 14.0. The van der Waals surface area contributed by atoms with E-state index in [1.165, 1.54) is 0 Å². The zero-order valence-corrected chi connectivity index (χ0v) is 11.9. The molecule has 0 unspecified atom stereocenters. The molecule has 0 aromatic heterocycles. The second-order valence-corrected chi connectivity index (χ2v) is 5.76. The Hall–Kier alpha value is -1.09. The first-order valence-corrected chi connectivity index (χ1v) is 6.38. The quantitative estimate of drug-likeness (QED) is 0.823. The molecule has 0 bridgehead atoms. The van der Waals surface area contributed by atoms with Gasteiger partial charge >= 0.3 is 0 Å². The van der Waals surface area contributed by atoms with E-state index in [1.807, 2.05) is 18.2 Å². The molecule has 3 heteroatoms. The summed E-state index contributed by atoms with van der Waals surface area (Å²) in [4.78, 5) is 11.9. The van der Waals surface area contributed by atoms with Crippen LogP contribution in [0.5, 0.6) is 0 Å². The van der Waals surface area contributed by atoms with Crippen molar-refractivity contribution in [2.24, 2.45) is 5.41 Å². The molecule has 0 atom stereocenters. The fourth-order valence-corrected chi connectivity index (χ4v) is 1.75. The van der Waals surface area contributed by atoms with Crippen molar-refractivity contribution in [3.8, 4) is 0 Å². The molecule has 92 valence electrons. The van der Waals surface area contributed by atoms with Crippen molar-refractivity contribution in [3.05, 3.63) is 47.0 Å². The summed E-state index contributed by atoms with van der Waals surface area (Å²) in [7, 11) is 0. The number of carbonyl (C=O) groups excluding carboxylic acids is 1. The Kier molecular flexibility index (Phi) is 4.94. The highest BCUT2D eigenvalue weighted by atomic mass is 79.9. The van der Waals surface area contributed by atoms with Gasteiger partial charge in [-0.05, 0) is 36.1 Å². The average molecular weight is 296 g/mol. The van der Waals surface area contributed by atoms with Gasteiger partial charge in [0.05, 0.1) is 0 Å².